The predicted molar refractivity (Wildman–Crippen MR) is 107 cm³/mol. The van der Waals surface area contributed by atoms with Crippen molar-refractivity contribution in [2.45, 2.75) is 0 Å². The molecule has 1 aromatic carbocycles. The number of piperazine rings is 1. The number of fused-ring (bicyclic) bond motifs is 3. The Kier molecular flexibility index (Phi) is 4.02. The largest absolute Gasteiger partial charge is 0.494 e. The van der Waals surface area contributed by atoms with E-state index in [1.807, 2.05) is 12.1 Å². The molecule has 1 fully saturated rings. The number of likely N-dealkylation sites (N-methyl/N-ethyl adjacent to an activating group) is 1. The number of ether oxygens (including phenoxy) is 1. The second kappa shape index (κ2) is 6.59. The average molecular weight is 389 g/mol. The molecule has 1 aliphatic carbocycles. The highest BCUT2D eigenvalue weighted by atomic mass is 16.5. The molecule has 0 atom stereocenters. The Labute approximate surface area is 167 Å². The highest BCUT2D eigenvalue weighted by Gasteiger charge is 2.34. The predicted octanol–water partition coefficient (Wildman–Crippen LogP) is 1.56. The minimum Gasteiger partial charge on any atom is -0.494 e. The number of hydrogen-bond acceptors (Lipinski definition) is 8. The molecule has 0 spiro atoms. The number of ketones is 2. The van der Waals surface area contributed by atoms with Gasteiger partial charge in [0.2, 0.25) is 11.6 Å². The molecule has 2 aromatic heterocycles. The first-order valence-corrected chi connectivity index (χ1v) is 9.44. The Bertz CT molecular complexity index is 1170. The molecule has 2 aliphatic rings. The lowest BCUT2D eigenvalue weighted by Gasteiger charge is -2.34. The summed E-state index contributed by atoms with van der Waals surface area (Å²) in [6.07, 6.45) is 1.50. The Hall–Kier alpha value is -3.39. The van der Waals surface area contributed by atoms with Crippen LogP contribution in [-0.2, 0) is 0 Å². The molecule has 1 saturated heterocycles. The molecule has 0 N–H and O–H groups in total. The van der Waals surface area contributed by atoms with Crippen molar-refractivity contribution in [3.63, 3.8) is 0 Å². The lowest BCUT2D eigenvalue weighted by Crippen LogP contribution is -2.44. The van der Waals surface area contributed by atoms with E-state index in [4.69, 9.17) is 4.74 Å². The van der Waals surface area contributed by atoms with Gasteiger partial charge in [0.15, 0.2) is 0 Å². The zero-order valence-electron chi connectivity index (χ0n) is 16.2. The monoisotopic (exact) mass is 389 g/mol. The Morgan fingerprint density at radius 3 is 2.48 bits per heavy atom. The van der Waals surface area contributed by atoms with Crippen molar-refractivity contribution >= 4 is 28.3 Å². The van der Waals surface area contributed by atoms with Gasteiger partial charge in [-0.05, 0) is 25.2 Å². The van der Waals surface area contributed by atoms with Gasteiger partial charge in [-0.3, -0.25) is 14.6 Å². The summed E-state index contributed by atoms with van der Waals surface area (Å²) in [5.74, 6) is -0.195. The number of anilines is 1. The molecule has 29 heavy (non-hydrogen) atoms. The van der Waals surface area contributed by atoms with Crippen LogP contribution < -0.4 is 9.64 Å². The molecule has 0 unspecified atom stereocenters. The van der Waals surface area contributed by atoms with Crippen molar-refractivity contribution in [2.75, 3.05) is 45.2 Å². The van der Waals surface area contributed by atoms with E-state index < -0.39 is 0 Å². The van der Waals surface area contributed by atoms with Crippen molar-refractivity contribution in [2.24, 2.45) is 0 Å². The maximum Gasteiger partial charge on any atom is 0.232 e. The molecule has 0 radical (unpaired) electrons. The van der Waals surface area contributed by atoms with E-state index >= 15 is 0 Å². The summed E-state index contributed by atoms with van der Waals surface area (Å²) < 4.78 is 5.55. The number of aromatic nitrogens is 3. The lowest BCUT2D eigenvalue weighted by molar-refractivity contribution is 0.0968. The summed E-state index contributed by atoms with van der Waals surface area (Å²) >= 11 is 0. The van der Waals surface area contributed by atoms with Crippen molar-refractivity contribution < 1.29 is 14.3 Å². The van der Waals surface area contributed by atoms with Gasteiger partial charge in [-0.1, -0.05) is 0 Å². The van der Waals surface area contributed by atoms with E-state index in [-0.39, 0.29) is 34.2 Å². The van der Waals surface area contributed by atoms with Crippen molar-refractivity contribution in [3.05, 3.63) is 53.1 Å². The van der Waals surface area contributed by atoms with Gasteiger partial charge in [0.25, 0.3) is 0 Å². The molecule has 3 heterocycles. The van der Waals surface area contributed by atoms with E-state index in [9.17, 15) is 9.59 Å². The van der Waals surface area contributed by atoms with Gasteiger partial charge in [0.05, 0.1) is 18.2 Å². The van der Waals surface area contributed by atoms with Gasteiger partial charge < -0.3 is 14.5 Å². The minimum absolute atomic E-state index is 0.0475. The second-order valence-corrected chi connectivity index (χ2v) is 7.28. The van der Waals surface area contributed by atoms with E-state index in [1.54, 1.807) is 19.2 Å². The van der Waals surface area contributed by atoms with Gasteiger partial charge in [-0.15, -0.1) is 0 Å². The Morgan fingerprint density at radius 1 is 0.966 bits per heavy atom. The molecule has 0 amide bonds. The van der Waals surface area contributed by atoms with Crippen molar-refractivity contribution in [3.8, 4) is 5.75 Å². The van der Waals surface area contributed by atoms with E-state index in [2.05, 4.69) is 31.8 Å². The van der Waals surface area contributed by atoms with E-state index in [0.29, 0.717) is 16.8 Å². The fraction of sp³-hybridized carbons (Fsp3) is 0.286. The summed E-state index contributed by atoms with van der Waals surface area (Å²) in [4.78, 5) is 43.5. The molecule has 8 heteroatoms. The maximum absolute atomic E-state index is 12.9. The molecule has 8 nitrogen and oxygen atoms in total. The zero-order chi connectivity index (χ0) is 20.1. The molecule has 3 aromatic rings. The van der Waals surface area contributed by atoms with Crippen LogP contribution >= 0.6 is 0 Å². The van der Waals surface area contributed by atoms with Crippen LogP contribution in [-0.4, -0.2) is 71.8 Å². The fourth-order valence-corrected chi connectivity index (χ4v) is 3.84. The highest BCUT2D eigenvalue weighted by Crippen LogP contribution is 2.33. The molecule has 0 bridgehead atoms. The summed E-state index contributed by atoms with van der Waals surface area (Å²) in [7, 11) is 3.67. The van der Waals surface area contributed by atoms with Gasteiger partial charge in [-0.2, -0.15) is 0 Å². The molecule has 146 valence electrons. The van der Waals surface area contributed by atoms with Crippen LogP contribution in [0, 0.1) is 0 Å². The zero-order valence-corrected chi connectivity index (χ0v) is 16.2. The third-order valence-electron chi connectivity index (χ3n) is 5.51. The summed E-state index contributed by atoms with van der Waals surface area (Å²) in [6.45, 7) is 3.70. The first-order chi connectivity index (χ1) is 14.1. The third-order valence-corrected chi connectivity index (χ3v) is 5.51. The molecular weight excluding hydrogens is 370 g/mol. The number of nitrogens with zero attached hydrogens (tertiary/aromatic N) is 5. The van der Waals surface area contributed by atoms with Gasteiger partial charge >= 0.3 is 0 Å². The molecule has 1 aliphatic heterocycles. The average Bonchev–Trinajstić information content (AvgIpc) is 2.76. The quantitative estimate of drug-likeness (QED) is 0.510. The first kappa shape index (κ1) is 17.7. The third kappa shape index (κ3) is 2.75. The number of carbonyl (C=O) groups is 2. The minimum atomic E-state index is -0.381. The van der Waals surface area contributed by atoms with Crippen molar-refractivity contribution in [1.29, 1.82) is 0 Å². The number of pyridine rings is 1. The first-order valence-electron chi connectivity index (χ1n) is 9.44. The van der Waals surface area contributed by atoms with Crippen LogP contribution in [0.3, 0.4) is 0 Å². The highest BCUT2D eigenvalue weighted by molar-refractivity contribution is 6.26. The van der Waals surface area contributed by atoms with E-state index in [1.165, 1.54) is 6.20 Å². The van der Waals surface area contributed by atoms with Crippen molar-refractivity contribution in [1.82, 2.24) is 19.9 Å². The van der Waals surface area contributed by atoms with Crippen LogP contribution in [0.1, 0.15) is 32.2 Å². The number of benzene rings is 1. The molecular formula is C21H19N5O3. The lowest BCUT2D eigenvalue weighted by atomic mass is 9.93. The second-order valence-electron chi connectivity index (χ2n) is 7.28. The van der Waals surface area contributed by atoms with Gasteiger partial charge in [0.1, 0.15) is 28.3 Å². The fourth-order valence-electron chi connectivity index (χ4n) is 3.84. The molecule has 5 rings (SSSR count). The number of hydrogen-bond donors (Lipinski definition) is 0. The van der Waals surface area contributed by atoms with Crippen LogP contribution in [0.4, 0.5) is 5.69 Å². The van der Waals surface area contributed by atoms with E-state index in [0.717, 1.165) is 31.9 Å². The van der Waals surface area contributed by atoms with Crippen LogP contribution in [0.15, 0.2) is 30.5 Å². The van der Waals surface area contributed by atoms with Gasteiger partial charge in [-0.25, -0.2) is 9.97 Å². The summed E-state index contributed by atoms with van der Waals surface area (Å²) in [5.41, 5.74) is 2.44. The number of methoxy groups -OCH3 is 1. The Morgan fingerprint density at radius 2 is 1.72 bits per heavy atom. The van der Waals surface area contributed by atoms with Gasteiger partial charge in [0, 0.05) is 44.1 Å². The summed E-state index contributed by atoms with van der Waals surface area (Å²) in [6, 6.07) is 7.04. The smallest absolute Gasteiger partial charge is 0.232 e. The molecule has 0 saturated carbocycles. The normalized spacial score (nSPS) is 16.7. The summed E-state index contributed by atoms with van der Waals surface area (Å²) in [5, 5.41) is 0. The number of rotatable bonds is 2. The van der Waals surface area contributed by atoms with Crippen LogP contribution in [0.5, 0.6) is 5.75 Å². The topological polar surface area (TPSA) is 88.5 Å². The SMILES string of the molecule is COc1cc(N2CCN(C)CC2)cc2nc3c(nc12)C(=O)c1cccnc1C3=O. The Balaban J connectivity index is 1.67. The van der Waals surface area contributed by atoms with Crippen LogP contribution in [0.25, 0.3) is 11.0 Å². The number of carbonyl (C=O) groups excluding carboxylic acids is 2. The standard InChI is InChI=1S/C21H19N5O3/c1-25-6-8-26(9-7-25)12-10-14-17(15(11-12)29-2)24-18-19(23-14)21(28)16-13(20(18)27)4-3-5-22-16/h3-5,10-11H,6-9H2,1-2H3. The van der Waals surface area contributed by atoms with Crippen LogP contribution in [0.2, 0.25) is 0 Å². The maximum atomic E-state index is 12.9.